The van der Waals surface area contributed by atoms with Crippen LogP contribution in [0, 0.1) is 0 Å². The molecule has 4 aromatic rings. The average Bonchev–Trinajstić information content (AvgIpc) is 3.31. The van der Waals surface area contributed by atoms with Crippen molar-refractivity contribution < 1.29 is 9.90 Å². The van der Waals surface area contributed by atoms with Crippen LogP contribution in [0.1, 0.15) is 27.8 Å². The molecule has 0 aliphatic heterocycles. The summed E-state index contributed by atoms with van der Waals surface area (Å²) >= 11 is 0. The van der Waals surface area contributed by atoms with Gasteiger partial charge in [-0.3, -0.25) is 14.9 Å². The zero-order valence-corrected chi connectivity index (χ0v) is 16.7. The van der Waals surface area contributed by atoms with E-state index in [9.17, 15) is 9.90 Å². The molecule has 0 radical (unpaired) electrons. The zero-order chi connectivity index (χ0) is 21.5. The van der Waals surface area contributed by atoms with Gasteiger partial charge in [-0.2, -0.15) is 5.10 Å². The van der Waals surface area contributed by atoms with E-state index < -0.39 is 6.10 Å². The highest BCUT2D eigenvalue weighted by Gasteiger charge is 2.11. The van der Waals surface area contributed by atoms with Crippen LogP contribution in [0.4, 0.5) is 5.69 Å². The number of hydrogen-bond donors (Lipinski definition) is 4. The number of anilines is 1. The Bertz CT molecular complexity index is 1130. The fourth-order valence-corrected chi connectivity index (χ4v) is 3.05. The van der Waals surface area contributed by atoms with Gasteiger partial charge in [-0.15, -0.1) is 0 Å². The number of benzene rings is 2. The molecule has 0 saturated carbocycles. The quantitative estimate of drug-likeness (QED) is 0.352. The molecular weight excluding hydrogens is 392 g/mol. The molecule has 0 aliphatic carbocycles. The van der Waals surface area contributed by atoms with E-state index in [0.717, 1.165) is 16.8 Å². The van der Waals surface area contributed by atoms with E-state index in [4.69, 9.17) is 0 Å². The van der Waals surface area contributed by atoms with Crippen LogP contribution in [0.5, 0.6) is 0 Å². The predicted octanol–water partition coefficient (Wildman–Crippen LogP) is 2.94. The lowest BCUT2D eigenvalue weighted by atomic mass is 10.1. The molecule has 1 amide bonds. The predicted molar refractivity (Wildman–Crippen MR) is 117 cm³/mol. The van der Waals surface area contributed by atoms with Crippen molar-refractivity contribution in [3.63, 3.8) is 0 Å². The van der Waals surface area contributed by atoms with Gasteiger partial charge < -0.3 is 15.7 Å². The maximum absolute atomic E-state index is 12.5. The number of aliphatic hydroxyl groups is 1. The van der Waals surface area contributed by atoms with Gasteiger partial charge in [0.15, 0.2) is 5.82 Å². The lowest BCUT2D eigenvalue weighted by Crippen LogP contribution is -2.28. The summed E-state index contributed by atoms with van der Waals surface area (Å²) in [5, 5.41) is 23.4. The lowest BCUT2D eigenvalue weighted by Gasteiger charge is -2.13. The Labute approximate surface area is 179 Å². The largest absolute Gasteiger partial charge is 0.387 e. The molecule has 0 bridgehead atoms. The van der Waals surface area contributed by atoms with Crippen molar-refractivity contribution in [2.75, 3.05) is 11.9 Å². The molecule has 4 rings (SSSR count). The number of carbonyl (C=O) groups excluding carboxylic acids is 1. The summed E-state index contributed by atoms with van der Waals surface area (Å²) in [5.74, 6) is 1.02. The molecule has 2 aromatic heterocycles. The van der Waals surface area contributed by atoms with E-state index in [-0.39, 0.29) is 12.5 Å². The van der Waals surface area contributed by atoms with Crippen molar-refractivity contribution in [1.29, 1.82) is 0 Å². The van der Waals surface area contributed by atoms with E-state index in [2.05, 4.69) is 30.8 Å². The van der Waals surface area contributed by atoms with Crippen molar-refractivity contribution in [3.8, 4) is 11.4 Å². The normalized spacial score (nSPS) is 11.6. The third-order valence-electron chi connectivity index (χ3n) is 4.70. The average molecular weight is 414 g/mol. The van der Waals surface area contributed by atoms with Gasteiger partial charge in [-0.25, -0.2) is 4.98 Å². The minimum atomic E-state index is -0.757. The van der Waals surface area contributed by atoms with Crippen LogP contribution in [0.15, 0.2) is 79.1 Å². The van der Waals surface area contributed by atoms with Crippen LogP contribution in [0.25, 0.3) is 11.4 Å². The maximum atomic E-state index is 12.5. The van der Waals surface area contributed by atoms with Gasteiger partial charge in [0.2, 0.25) is 0 Å². The first kappa shape index (κ1) is 20.2. The molecule has 0 fully saturated rings. The van der Waals surface area contributed by atoms with Crippen LogP contribution >= 0.6 is 0 Å². The van der Waals surface area contributed by atoms with Gasteiger partial charge in [0.05, 0.1) is 12.6 Å². The van der Waals surface area contributed by atoms with Gasteiger partial charge >= 0.3 is 0 Å². The van der Waals surface area contributed by atoms with Gasteiger partial charge in [0, 0.05) is 35.8 Å². The second-order valence-corrected chi connectivity index (χ2v) is 6.91. The third kappa shape index (κ3) is 5.31. The number of amides is 1. The second-order valence-electron chi connectivity index (χ2n) is 6.91. The summed E-state index contributed by atoms with van der Waals surface area (Å²) < 4.78 is 0. The summed E-state index contributed by atoms with van der Waals surface area (Å²) in [6.07, 6.45) is 2.63. The van der Waals surface area contributed by atoms with Gasteiger partial charge in [0.25, 0.3) is 5.91 Å². The monoisotopic (exact) mass is 414 g/mol. The SMILES string of the molecule is O=C(NCC(O)c1ccccc1)c1cccc(NCc2nc(-c3ccncc3)n[nH]2)c1. The molecule has 2 aromatic carbocycles. The van der Waals surface area contributed by atoms with Crippen LogP contribution in [0.2, 0.25) is 0 Å². The molecule has 0 spiro atoms. The standard InChI is InChI=1S/C23H22N6O2/c30-20(16-5-2-1-3-6-16)14-26-23(31)18-7-4-8-19(13-18)25-15-21-27-22(29-28-21)17-9-11-24-12-10-17/h1-13,20,25,30H,14-15H2,(H,26,31)(H,27,28,29). The molecule has 1 atom stereocenters. The number of pyridine rings is 1. The highest BCUT2D eigenvalue weighted by Crippen LogP contribution is 2.15. The van der Waals surface area contributed by atoms with Gasteiger partial charge in [0.1, 0.15) is 5.82 Å². The van der Waals surface area contributed by atoms with E-state index in [1.165, 1.54) is 0 Å². The fourth-order valence-electron chi connectivity index (χ4n) is 3.05. The number of nitrogens with zero attached hydrogens (tertiary/aromatic N) is 3. The van der Waals surface area contributed by atoms with Crippen molar-refractivity contribution in [2.24, 2.45) is 0 Å². The third-order valence-corrected chi connectivity index (χ3v) is 4.70. The molecule has 156 valence electrons. The smallest absolute Gasteiger partial charge is 0.251 e. The van der Waals surface area contributed by atoms with E-state index >= 15 is 0 Å². The summed E-state index contributed by atoms with van der Waals surface area (Å²) in [6, 6.07) is 20.1. The van der Waals surface area contributed by atoms with Crippen molar-refractivity contribution in [1.82, 2.24) is 25.5 Å². The van der Waals surface area contributed by atoms with Crippen LogP contribution < -0.4 is 10.6 Å². The summed E-state index contributed by atoms with van der Waals surface area (Å²) in [4.78, 5) is 20.9. The van der Waals surface area contributed by atoms with Gasteiger partial charge in [-0.1, -0.05) is 36.4 Å². The van der Waals surface area contributed by atoms with Crippen molar-refractivity contribution in [2.45, 2.75) is 12.6 Å². The molecule has 1 unspecified atom stereocenters. The first-order valence-corrected chi connectivity index (χ1v) is 9.86. The molecule has 4 N–H and O–H groups in total. The maximum Gasteiger partial charge on any atom is 0.251 e. The zero-order valence-electron chi connectivity index (χ0n) is 16.7. The Morgan fingerprint density at radius 3 is 2.65 bits per heavy atom. The van der Waals surface area contributed by atoms with E-state index in [1.54, 1.807) is 30.6 Å². The number of aromatic nitrogens is 4. The van der Waals surface area contributed by atoms with Crippen LogP contribution in [-0.2, 0) is 6.54 Å². The number of nitrogens with one attached hydrogen (secondary N) is 3. The lowest BCUT2D eigenvalue weighted by molar-refractivity contribution is 0.0916. The molecule has 31 heavy (non-hydrogen) atoms. The Hall–Kier alpha value is -4.04. The number of rotatable bonds is 8. The first-order valence-electron chi connectivity index (χ1n) is 9.86. The number of hydrogen-bond acceptors (Lipinski definition) is 6. The number of aliphatic hydroxyl groups excluding tert-OH is 1. The Morgan fingerprint density at radius 1 is 1.03 bits per heavy atom. The first-order chi connectivity index (χ1) is 15.2. The van der Waals surface area contributed by atoms with Crippen LogP contribution in [-0.4, -0.2) is 37.7 Å². The molecular formula is C23H22N6O2. The molecule has 0 aliphatic rings. The Balaban J connectivity index is 1.33. The van der Waals surface area contributed by atoms with E-state index in [1.807, 2.05) is 48.5 Å². The summed E-state index contributed by atoms with van der Waals surface area (Å²) in [6.45, 7) is 0.562. The number of carbonyl (C=O) groups is 1. The van der Waals surface area contributed by atoms with E-state index in [0.29, 0.717) is 23.8 Å². The van der Waals surface area contributed by atoms with Gasteiger partial charge in [-0.05, 0) is 35.9 Å². The number of aromatic amines is 1. The van der Waals surface area contributed by atoms with Crippen molar-refractivity contribution >= 4 is 11.6 Å². The molecule has 0 saturated heterocycles. The molecule has 8 nitrogen and oxygen atoms in total. The minimum absolute atomic E-state index is 0.135. The highest BCUT2D eigenvalue weighted by atomic mass is 16.3. The molecule has 8 heteroatoms. The second kappa shape index (κ2) is 9.64. The summed E-state index contributed by atoms with van der Waals surface area (Å²) in [5.41, 5.74) is 2.92. The fraction of sp³-hybridized carbons (Fsp3) is 0.130. The topological polar surface area (TPSA) is 116 Å². The highest BCUT2D eigenvalue weighted by molar-refractivity contribution is 5.95. The Kier molecular flexibility index (Phi) is 6.29. The molecule has 2 heterocycles. The Morgan fingerprint density at radius 2 is 1.84 bits per heavy atom. The summed E-state index contributed by atoms with van der Waals surface area (Å²) in [7, 11) is 0. The van der Waals surface area contributed by atoms with Crippen LogP contribution in [0.3, 0.4) is 0 Å². The van der Waals surface area contributed by atoms with Crippen molar-refractivity contribution in [3.05, 3.63) is 96.1 Å². The number of H-pyrrole nitrogens is 1. The minimum Gasteiger partial charge on any atom is -0.387 e.